The Hall–Kier alpha value is -3.48. The zero-order valence-electron chi connectivity index (χ0n) is 18.0. The number of thiazole rings is 1. The summed E-state index contributed by atoms with van der Waals surface area (Å²) in [6, 6.07) is 9.43. The van der Waals surface area contributed by atoms with Crippen LogP contribution in [0.3, 0.4) is 0 Å². The molecule has 0 radical (unpaired) electrons. The number of carbonyl (C=O) groups is 3. The molecule has 168 valence electrons. The number of nitrogens with zero attached hydrogens (tertiary/aromatic N) is 2. The lowest BCUT2D eigenvalue weighted by Gasteiger charge is -2.29. The van der Waals surface area contributed by atoms with Crippen LogP contribution >= 0.6 is 22.7 Å². The lowest BCUT2D eigenvalue weighted by Crippen LogP contribution is -2.37. The molecule has 0 unspecified atom stereocenters. The second kappa shape index (κ2) is 9.98. The fraction of sp³-hybridized carbons (Fsp3) is 0.250. The van der Waals surface area contributed by atoms with Gasteiger partial charge in [0.2, 0.25) is 0 Å². The van der Waals surface area contributed by atoms with Crippen LogP contribution in [0.2, 0.25) is 0 Å². The molecule has 1 fully saturated rings. The number of hydrogen-bond donors (Lipinski definition) is 2. The molecule has 1 aliphatic heterocycles. The first-order valence-electron chi connectivity index (χ1n) is 10.4. The number of carbonyl (C=O) groups excluding carboxylic acids is 3. The summed E-state index contributed by atoms with van der Waals surface area (Å²) >= 11 is 2.70. The van der Waals surface area contributed by atoms with Crippen LogP contribution in [0.25, 0.3) is 0 Å². The Morgan fingerprint density at radius 1 is 1.12 bits per heavy atom. The number of primary amides is 1. The minimum absolute atomic E-state index is 0.173. The highest BCUT2D eigenvalue weighted by Crippen LogP contribution is 2.31. The third kappa shape index (κ3) is 5.30. The van der Waals surface area contributed by atoms with Crippen molar-refractivity contribution in [3.63, 3.8) is 0 Å². The number of amides is 3. The predicted octanol–water partition coefficient (Wildman–Crippen LogP) is 3.62. The smallest absolute Gasteiger partial charge is 0.298 e. The molecular weight excluding hydrogens is 456 g/mol. The fourth-order valence-corrected chi connectivity index (χ4v) is 5.56. The number of hydrogen-bond acceptors (Lipinski definition) is 6. The average Bonchev–Trinajstić information content (AvgIpc) is 3.45. The van der Waals surface area contributed by atoms with E-state index < -0.39 is 5.91 Å². The summed E-state index contributed by atoms with van der Waals surface area (Å²) in [5, 5.41) is 7.56. The van der Waals surface area contributed by atoms with Crippen molar-refractivity contribution in [2.24, 2.45) is 5.73 Å². The van der Waals surface area contributed by atoms with E-state index in [1.807, 2.05) is 30.3 Å². The summed E-state index contributed by atoms with van der Waals surface area (Å²) < 4.78 is 0. The van der Waals surface area contributed by atoms with E-state index in [2.05, 4.69) is 22.1 Å². The number of anilines is 1. The first-order valence-corrected chi connectivity index (χ1v) is 12.2. The molecule has 4 rings (SSSR count). The van der Waals surface area contributed by atoms with Gasteiger partial charge in [0.05, 0.1) is 10.6 Å². The lowest BCUT2D eigenvalue weighted by molar-refractivity contribution is -0.126. The molecule has 33 heavy (non-hydrogen) atoms. The summed E-state index contributed by atoms with van der Waals surface area (Å²) in [7, 11) is 0. The Labute approximate surface area is 199 Å². The number of likely N-dealkylation sites (tertiary alicyclic amines) is 1. The Morgan fingerprint density at radius 3 is 2.55 bits per heavy atom. The van der Waals surface area contributed by atoms with Crippen molar-refractivity contribution in [2.45, 2.75) is 25.7 Å². The average molecular weight is 479 g/mol. The molecule has 7 nitrogen and oxygen atoms in total. The molecule has 0 atom stereocenters. The number of benzene rings is 1. The molecule has 1 aliphatic rings. The van der Waals surface area contributed by atoms with Gasteiger partial charge >= 0.3 is 0 Å². The van der Waals surface area contributed by atoms with Gasteiger partial charge in [0.15, 0.2) is 0 Å². The molecule has 1 aromatic carbocycles. The SMILES string of the molecule is Cc1csc(NC(=O)c2csc(C3CCN(C(=O)C#Cc4ccccc4)CC3)n2)c1C(N)=O. The van der Waals surface area contributed by atoms with Gasteiger partial charge in [-0.25, -0.2) is 4.98 Å². The fourth-order valence-electron chi connectivity index (χ4n) is 3.64. The van der Waals surface area contributed by atoms with E-state index >= 15 is 0 Å². The molecular formula is C24H22N4O3S2. The molecule has 3 N–H and O–H groups in total. The number of rotatable bonds is 4. The molecule has 9 heteroatoms. The van der Waals surface area contributed by atoms with E-state index in [1.165, 1.54) is 22.7 Å². The Bertz CT molecular complexity index is 1250. The van der Waals surface area contributed by atoms with Crippen molar-refractivity contribution < 1.29 is 14.4 Å². The number of nitrogens with two attached hydrogens (primary N) is 1. The third-order valence-corrected chi connectivity index (χ3v) is 7.44. The predicted molar refractivity (Wildman–Crippen MR) is 130 cm³/mol. The van der Waals surface area contributed by atoms with Crippen molar-refractivity contribution in [1.29, 1.82) is 0 Å². The summed E-state index contributed by atoms with van der Waals surface area (Å²) in [5.74, 6) is 4.70. The van der Waals surface area contributed by atoms with Crippen molar-refractivity contribution in [3.05, 3.63) is 68.5 Å². The Balaban J connectivity index is 1.34. The molecule has 3 amide bonds. The molecule has 3 aromatic rings. The molecule has 0 saturated carbocycles. The molecule has 1 saturated heterocycles. The van der Waals surface area contributed by atoms with E-state index in [4.69, 9.17) is 5.73 Å². The van der Waals surface area contributed by atoms with Crippen LogP contribution in [0.15, 0.2) is 41.1 Å². The first kappa shape index (κ1) is 22.7. The number of thiophene rings is 1. The van der Waals surface area contributed by atoms with E-state index in [-0.39, 0.29) is 17.7 Å². The number of aryl methyl sites for hydroxylation is 1. The monoisotopic (exact) mass is 478 g/mol. The summed E-state index contributed by atoms with van der Waals surface area (Å²) in [6.45, 7) is 2.98. The topological polar surface area (TPSA) is 105 Å². The van der Waals surface area contributed by atoms with Crippen LogP contribution in [0, 0.1) is 18.8 Å². The quantitative estimate of drug-likeness (QED) is 0.559. The maximum absolute atomic E-state index is 12.6. The standard InChI is InChI=1S/C24H22N4O3S2/c1-15-13-32-24(20(15)21(25)30)27-22(31)18-14-33-23(26-18)17-9-11-28(12-10-17)19(29)8-7-16-5-3-2-4-6-16/h2-6,13-14,17H,9-12H2,1H3,(H2,25,30)(H,27,31). The molecule has 2 aromatic heterocycles. The molecule has 0 bridgehead atoms. The van der Waals surface area contributed by atoms with Gasteiger partial charge in [0.25, 0.3) is 17.7 Å². The summed E-state index contributed by atoms with van der Waals surface area (Å²) in [5.41, 5.74) is 7.61. The van der Waals surface area contributed by atoms with Crippen LogP contribution < -0.4 is 11.1 Å². The Kier molecular flexibility index (Phi) is 6.87. The molecule has 0 spiro atoms. The van der Waals surface area contributed by atoms with Gasteiger partial charge in [-0.1, -0.05) is 24.1 Å². The lowest BCUT2D eigenvalue weighted by atomic mass is 9.97. The van der Waals surface area contributed by atoms with E-state index in [0.29, 0.717) is 29.3 Å². The van der Waals surface area contributed by atoms with Crippen LogP contribution in [-0.4, -0.2) is 40.7 Å². The van der Waals surface area contributed by atoms with E-state index in [9.17, 15) is 14.4 Å². The summed E-state index contributed by atoms with van der Waals surface area (Å²) in [4.78, 5) is 43.0. The maximum Gasteiger partial charge on any atom is 0.298 e. The van der Waals surface area contributed by atoms with Gasteiger partial charge in [-0.05, 0) is 42.8 Å². The number of nitrogens with one attached hydrogen (secondary N) is 1. The maximum atomic E-state index is 12.6. The normalized spacial score (nSPS) is 13.8. The second-order valence-electron chi connectivity index (χ2n) is 7.69. The van der Waals surface area contributed by atoms with Crippen molar-refractivity contribution in [2.75, 3.05) is 18.4 Å². The van der Waals surface area contributed by atoms with Gasteiger partial charge in [-0.3, -0.25) is 14.4 Å². The van der Waals surface area contributed by atoms with Crippen LogP contribution in [-0.2, 0) is 4.79 Å². The van der Waals surface area contributed by atoms with Gasteiger partial charge in [0.1, 0.15) is 10.7 Å². The second-order valence-corrected chi connectivity index (χ2v) is 9.46. The highest BCUT2D eigenvalue weighted by atomic mass is 32.1. The Morgan fingerprint density at radius 2 is 1.85 bits per heavy atom. The summed E-state index contributed by atoms with van der Waals surface area (Å²) in [6.07, 6.45) is 1.53. The van der Waals surface area contributed by atoms with E-state index in [0.717, 1.165) is 29.0 Å². The minimum atomic E-state index is -0.571. The molecule has 3 heterocycles. The van der Waals surface area contributed by atoms with E-state index in [1.54, 1.807) is 22.6 Å². The van der Waals surface area contributed by atoms with Crippen LogP contribution in [0.4, 0.5) is 5.00 Å². The largest absolute Gasteiger partial charge is 0.365 e. The first-order chi connectivity index (χ1) is 15.9. The highest BCUT2D eigenvalue weighted by Gasteiger charge is 2.26. The van der Waals surface area contributed by atoms with Gasteiger partial charge < -0.3 is 16.0 Å². The zero-order valence-corrected chi connectivity index (χ0v) is 19.6. The van der Waals surface area contributed by atoms with Crippen molar-refractivity contribution in [1.82, 2.24) is 9.88 Å². The number of piperidine rings is 1. The van der Waals surface area contributed by atoms with Crippen LogP contribution in [0.1, 0.15) is 55.7 Å². The van der Waals surface area contributed by atoms with Gasteiger partial charge in [-0.2, -0.15) is 0 Å². The van der Waals surface area contributed by atoms with Gasteiger partial charge in [0, 0.05) is 35.9 Å². The third-order valence-electron chi connectivity index (χ3n) is 5.42. The van der Waals surface area contributed by atoms with Crippen LogP contribution in [0.5, 0.6) is 0 Å². The minimum Gasteiger partial charge on any atom is -0.365 e. The number of aromatic nitrogens is 1. The zero-order chi connectivity index (χ0) is 23.4. The highest BCUT2D eigenvalue weighted by molar-refractivity contribution is 7.15. The molecule has 0 aliphatic carbocycles. The van der Waals surface area contributed by atoms with Crippen molar-refractivity contribution in [3.8, 4) is 11.8 Å². The van der Waals surface area contributed by atoms with Crippen molar-refractivity contribution >= 4 is 45.4 Å². The van der Waals surface area contributed by atoms with Gasteiger partial charge in [-0.15, -0.1) is 22.7 Å².